The fraction of sp³-hybridized carbons (Fsp3) is 0.333. The topological polar surface area (TPSA) is 43.9 Å². The van der Waals surface area contributed by atoms with Crippen LogP contribution in [0.25, 0.3) is 0 Å². The number of urea groups is 1. The second-order valence-electron chi connectivity index (χ2n) is 7.21. The summed E-state index contributed by atoms with van der Waals surface area (Å²) < 4.78 is 80.5. The third-order valence-corrected chi connectivity index (χ3v) is 5.15. The van der Waals surface area contributed by atoms with E-state index in [0.29, 0.717) is 23.9 Å². The maximum atomic E-state index is 14.7. The summed E-state index contributed by atoms with van der Waals surface area (Å²) >= 11 is -0.521. The maximum absolute atomic E-state index is 14.7. The van der Waals surface area contributed by atoms with E-state index in [1.54, 1.807) is 19.0 Å². The molecule has 3 amide bonds. The molecule has 0 bridgehead atoms. The Hall–Kier alpha value is -2.73. The highest BCUT2D eigenvalue weighted by Gasteiger charge is 2.32. The van der Waals surface area contributed by atoms with Crippen molar-refractivity contribution < 1.29 is 35.9 Å². The van der Waals surface area contributed by atoms with Gasteiger partial charge in [-0.25, -0.2) is 18.0 Å². The summed E-state index contributed by atoms with van der Waals surface area (Å²) in [6.07, 6.45) is 0.313. The highest BCUT2D eigenvalue weighted by molar-refractivity contribution is 8.00. The Morgan fingerprint density at radius 3 is 2.03 bits per heavy atom. The molecule has 2 aromatic carbocycles. The predicted octanol–water partition coefficient (Wildman–Crippen LogP) is 5.37. The summed E-state index contributed by atoms with van der Waals surface area (Å²) in [7, 11) is 4.49. The zero-order valence-corrected chi connectivity index (χ0v) is 18.7. The first-order chi connectivity index (χ1) is 15.3. The Bertz CT molecular complexity index is 996. The van der Waals surface area contributed by atoms with Crippen molar-refractivity contribution in [3.63, 3.8) is 0 Å². The molecule has 0 saturated carbocycles. The van der Waals surface area contributed by atoms with Crippen molar-refractivity contribution >= 4 is 29.4 Å². The quantitative estimate of drug-likeness (QED) is 0.385. The summed E-state index contributed by atoms with van der Waals surface area (Å²) in [5, 5.41) is 0. The fourth-order valence-corrected chi connectivity index (χ4v) is 3.47. The van der Waals surface area contributed by atoms with Gasteiger partial charge in [-0.3, -0.25) is 14.6 Å². The number of amides is 3. The lowest BCUT2D eigenvalue weighted by Gasteiger charge is -2.28. The highest BCUT2D eigenvalue weighted by atomic mass is 32.2. The largest absolute Gasteiger partial charge is 0.446 e. The summed E-state index contributed by atoms with van der Waals surface area (Å²) in [4.78, 5) is 28.3. The molecule has 0 spiro atoms. The van der Waals surface area contributed by atoms with Crippen LogP contribution in [0.3, 0.4) is 0 Å². The van der Waals surface area contributed by atoms with Crippen LogP contribution in [0, 0.1) is 17.5 Å². The van der Waals surface area contributed by atoms with E-state index >= 15 is 0 Å². The third kappa shape index (κ3) is 7.13. The number of carbonyl (C=O) groups excluding carboxylic acids is 2. The smallest absolute Gasteiger partial charge is 0.309 e. The van der Waals surface area contributed by atoms with E-state index in [2.05, 4.69) is 0 Å². The number of carbonyl (C=O) groups is 2. The van der Waals surface area contributed by atoms with Gasteiger partial charge in [0.05, 0.1) is 5.69 Å². The third-order valence-electron chi connectivity index (χ3n) is 4.43. The molecule has 0 unspecified atom stereocenters. The Balaban J connectivity index is 2.38. The summed E-state index contributed by atoms with van der Waals surface area (Å²) in [6.45, 7) is 0.351. The van der Waals surface area contributed by atoms with Gasteiger partial charge < -0.3 is 4.90 Å². The van der Waals surface area contributed by atoms with Crippen molar-refractivity contribution in [3.05, 3.63) is 59.4 Å². The predicted molar refractivity (Wildman–Crippen MR) is 113 cm³/mol. The van der Waals surface area contributed by atoms with Gasteiger partial charge in [0.15, 0.2) is 0 Å². The van der Waals surface area contributed by atoms with Gasteiger partial charge in [0.2, 0.25) is 0 Å². The first kappa shape index (κ1) is 26.5. The average Bonchev–Trinajstić information content (AvgIpc) is 2.69. The van der Waals surface area contributed by atoms with Crippen LogP contribution in [-0.4, -0.2) is 61.5 Å². The number of nitrogens with zero attached hydrogens (tertiary/aromatic N) is 3. The van der Waals surface area contributed by atoms with E-state index in [-0.39, 0.29) is 12.2 Å². The van der Waals surface area contributed by atoms with Crippen molar-refractivity contribution in [2.75, 3.05) is 39.1 Å². The fourth-order valence-electron chi connectivity index (χ4n) is 2.91. The Kier molecular flexibility index (Phi) is 8.78. The zero-order chi connectivity index (χ0) is 24.9. The van der Waals surface area contributed by atoms with Crippen LogP contribution in [-0.2, 0) is 0 Å². The van der Waals surface area contributed by atoms with E-state index in [4.69, 9.17) is 0 Å². The van der Waals surface area contributed by atoms with Crippen LogP contribution >= 0.6 is 11.8 Å². The molecular weight excluding hydrogens is 472 g/mol. The molecule has 0 radical (unpaired) electrons. The zero-order valence-electron chi connectivity index (χ0n) is 17.9. The van der Waals surface area contributed by atoms with Crippen molar-refractivity contribution in [2.45, 2.75) is 16.8 Å². The van der Waals surface area contributed by atoms with Crippen molar-refractivity contribution in [1.29, 1.82) is 0 Å². The number of hydrogen-bond acceptors (Lipinski definition) is 4. The minimum absolute atomic E-state index is 0.114. The molecule has 2 rings (SSSR count). The van der Waals surface area contributed by atoms with Gasteiger partial charge in [0, 0.05) is 18.5 Å². The first-order valence-electron chi connectivity index (χ1n) is 9.55. The number of alkyl halides is 3. The molecule has 0 saturated heterocycles. The molecule has 0 fully saturated rings. The van der Waals surface area contributed by atoms with Crippen LogP contribution in [0.2, 0.25) is 0 Å². The van der Waals surface area contributed by atoms with Gasteiger partial charge in [-0.1, -0.05) is 6.07 Å². The van der Waals surface area contributed by atoms with Crippen molar-refractivity contribution in [1.82, 2.24) is 9.80 Å². The number of anilines is 1. The molecular formula is C21H21F6N3O2S. The minimum Gasteiger partial charge on any atom is -0.309 e. The Labute approximate surface area is 190 Å². The molecule has 0 N–H and O–H groups in total. The molecule has 0 heterocycles. The normalized spacial score (nSPS) is 11.6. The molecule has 0 atom stereocenters. The van der Waals surface area contributed by atoms with Crippen LogP contribution in [0.15, 0.2) is 41.3 Å². The molecule has 0 aliphatic heterocycles. The Morgan fingerprint density at radius 1 is 0.909 bits per heavy atom. The molecule has 0 aromatic heterocycles. The average molecular weight is 493 g/mol. The summed E-state index contributed by atoms with van der Waals surface area (Å²) in [5.41, 5.74) is -5.97. The second kappa shape index (κ2) is 10.9. The number of hydrogen-bond donors (Lipinski definition) is 0. The SMILES string of the molecule is CN(C)CCCN(C(=O)N(C)C(=O)c1c(F)cccc1F)c1ccc(SC(F)(F)F)cc1F. The highest BCUT2D eigenvalue weighted by Crippen LogP contribution is 2.38. The van der Waals surface area contributed by atoms with Crippen LogP contribution in [0.4, 0.5) is 36.8 Å². The van der Waals surface area contributed by atoms with Gasteiger partial charge >= 0.3 is 11.5 Å². The van der Waals surface area contributed by atoms with Gasteiger partial charge in [-0.05, 0) is 69.2 Å². The number of benzene rings is 2. The Morgan fingerprint density at radius 2 is 1.52 bits per heavy atom. The second-order valence-corrected chi connectivity index (χ2v) is 8.35. The molecule has 180 valence electrons. The number of halogens is 6. The van der Waals surface area contributed by atoms with E-state index in [1.165, 1.54) is 0 Å². The maximum Gasteiger partial charge on any atom is 0.446 e. The summed E-state index contributed by atoms with van der Waals surface area (Å²) in [5.74, 6) is -4.78. The monoisotopic (exact) mass is 493 g/mol. The molecule has 33 heavy (non-hydrogen) atoms. The summed E-state index contributed by atoms with van der Waals surface area (Å²) in [6, 6.07) is 4.24. The number of imide groups is 1. The van der Waals surface area contributed by atoms with Crippen molar-refractivity contribution in [2.24, 2.45) is 0 Å². The van der Waals surface area contributed by atoms with Gasteiger partial charge in [0.25, 0.3) is 5.91 Å². The molecule has 0 aliphatic carbocycles. The number of thioether (sulfide) groups is 1. The molecule has 2 aromatic rings. The lowest BCUT2D eigenvalue weighted by molar-refractivity contribution is -0.0328. The van der Waals surface area contributed by atoms with Gasteiger partial charge in [-0.15, -0.1) is 0 Å². The van der Waals surface area contributed by atoms with Crippen LogP contribution < -0.4 is 4.90 Å². The lowest BCUT2D eigenvalue weighted by atomic mass is 10.1. The molecule has 0 aliphatic rings. The minimum atomic E-state index is -4.63. The molecule has 12 heteroatoms. The van der Waals surface area contributed by atoms with E-state index in [9.17, 15) is 35.9 Å². The molecule has 5 nitrogen and oxygen atoms in total. The standard InChI is InChI=1S/C21H21F6N3O2S/c1-28(2)10-5-11-30(17-9-8-13(12-16(17)24)33-21(25,26)27)20(32)29(3)19(31)18-14(22)6-4-7-15(18)23/h4,6-9,12H,5,10-11H2,1-3H3. The van der Waals surface area contributed by atoms with E-state index in [0.717, 1.165) is 42.3 Å². The van der Waals surface area contributed by atoms with Crippen molar-refractivity contribution in [3.8, 4) is 0 Å². The van der Waals surface area contributed by atoms with E-state index in [1.807, 2.05) is 0 Å². The van der Waals surface area contributed by atoms with E-state index < -0.39 is 57.1 Å². The lowest BCUT2D eigenvalue weighted by Crippen LogP contribution is -2.46. The van der Waals surface area contributed by atoms with Crippen LogP contribution in [0.5, 0.6) is 0 Å². The number of rotatable bonds is 7. The first-order valence-corrected chi connectivity index (χ1v) is 10.4. The van der Waals surface area contributed by atoms with Gasteiger partial charge in [0.1, 0.15) is 23.0 Å². The van der Waals surface area contributed by atoms with Gasteiger partial charge in [-0.2, -0.15) is 13.2 Å². The van der Waals surface area contributed by atoms with Crippen LogP contribution in [0.1, 0.15) is 16.8 Å².